The van der Waals surface area contributed by atoms with Crippen LogP contribution in [0.25, 0.3) is 10.9 Å². The zero-order valence-corrected chi connectivity index (χ0v) is 19.3. The minimum Gasteiger partial charge on any atom is -0.497 e. The van der Waals surface area contributed by atoms with Crippen LogP contribution in [0.5, 0.6) is 11.5 Å². The van der Waals surface area contributed by atoms with E-state index in [1.807, 2.05) is 26.0 Å². The van der Waals surface area contributed by atoms with Crippen molar-refractivity contribution in [2.75, 3.05) is 13.7 Å². The van der Waals surface area contributed by atoms with Gasteiger partial charge in [-0.2, -0.15) is 0 Å². The van der Waals surface area contributed by atoms with Crippen LogP contribution in [0.4, 0.5) is 0 Å². The van der Waals surface area contributed by atoms with Gasteiger partial charge in [-0.3, -0.25) is 9.78 Å². The van der Waals surface area contributed by atoms with Crippen LogP contribution in [-0.2, 0) is 9.84 Å². The largest absolute Gasteiger partial charge is 0.497 e. The topological polar surface area (TPSA) is 82.6 Å². The van der Waals surface area contributed by atoms with E-state index in [1.165, 1.54) is 25.4 Å². The number of hydrogen-bond acceptors (Lipinski definition) is 6. The highest BCUT2D eigenvalue weighted by atomic mass is 32.2. The molecule has 33 heavy (non-hydrogen) atoms. The van der Waals surface area contributed by atoms with Crippen molar-refractivity contribution < 1.29 is 22.7 Å². The molecule has 0 radical (unpaired) electrons. The van der Waals surface area contributed by atoms with Crippen molar-refractivity contribution in [2.24, 2.45) is 0 Å². The fourth-order valence-electron chi connectivity index (χ4n) is 3.59. The average Bonchev–Trinajstić information content (AvgIpc) is 2.83. The Balaban J connectivity index is 1.97. The molecule has 3 aromatic carbocycles. The number of aromatic nitrogens is 1. The third-order valence-corrected chi connectivity index (χ3v) is 7.17. The number of ketones is 1. The molecule has 4 aromatic rings. The number of rotatable bonds is 7. The third kappa shape index (κ3) is 4.32. The number of carbonyl (C=O) groups excluding carboxylic acids is 1. The average molecular weight is 462 g/mol. The van der Waals surface area contributed by atoms with E-state index < -0.39 is 15.6 Å². The van der Waals surface area contributed by atoms with E-state index in [-0.39, 0.29) is 15.4 Å². The molecule has 0 fully saturated rings. The van der Waals surface area contributed by atoms with Crippen molar-refractivity contribution in [3.8, 4) is 11.5 Å². The Morgan fingerprint density at radius 3 is 2.24 bits per heavy atom. The molecule has 0 N–H and O–H groups in total. The first-order valence-corrected chi connectivity index (χ1v) is 11.9. The number of sulfone groups is 1. The van der Waals surface area contributed by atoms with Gasteiger partial charge in [0.1, 0.15) is 11.5 Å². The number of fused-ring (bicyclic) bond motifs is 1. The van der Waals surface area contributed by atoms with E-state index in [0.717, 1.165) is 5.56 Å². The van der Waals surface area contributed by atoms with Crippen molar-refractivity contribution >= 4 is 26.5 Å². The lowest BCUT2D eigenvalue weighted by Gasteiger charge is -2.14. The first-order valence-electron chi connectivity index (χ1n) is 10.4. The Kier molecular flexibility index (Phi) is 6.16. The molecule has 4 rings (SSSR count). The Morgan fingerprint density at radius 2 is 1.61 bits per heavy atom. The number of pyridine rings is 1. The molecule has 0 bridgehead atoms. The summed E-state index contributed by atoms with van der Waals surface area (Å²) in [5, 5.41) is 0.321. The van der Waals surface area contributed by atoms with Gasteiger partial charge in [0.05, 0.1) is 34.6 Å². The summed E-state index contributed by atoms with van der Waals surface area (Å²) in [5.41, 5.74) is 1.83. The van der Waals surface area contributed by atoms with E-state index >= 15 is 0 Å². The van der Waals surface area contributed by atoms with Crippen LogP contribution in [0, 0.1) is 6.92 Å². The van der Waals surface area contributed by atoms with Crippen LogP contribution in [0.1, 0.15) is 28.4 Å². The zero-order chi connectivity index (χ0) is 23.6. The summed E-state index contributed by atoms with van der Waals surface area (Å²) >= 11 is 0. The number of nitrogens with zero attached hydrogens (tertiary/aromatic N) is 1. The van der Waals surface area contributed by atoms with Gasteiger partial charge < -0.3 is 9.47 Å². The summed E-state index contributed by atoms with van der Waals surface area (Å²) in [7, 11) is -2.59. The van der Waals surface area contributed by atoms with Crippen LogP contribution in [-0.4, -0.2) is 32.9 Å². The molecule has 168 valence electrons. The third-order valence-electron chi connectivity index (χ3n) is 5.30. The molecule has 0 amide bonds. The van der Waals surface area contributed by atoms with Crippen LogP contribution in [0.2, 0.25) is 0 Å². The van der Waals surface area contributed by atoms with Crippen molar-refractivity contribution in [1.82, 2.24) is 4.98 Å². The molecular weight excluding hydrogens is 438 g/mol. The van der Waals surface area contributed by atoms with Gasteiger partial charge >= 0.3 is 0 Å². The minimum atomic E-state index is -4.09. The molecule has 0 saturated heterocycles. The predicted molar refractivity (Wildman–Crippen MR) is 126 cm³/mol. The van der Waals surface area contributed by atoms with Gasteiger partial charge in [0.25, 0.3) is 0 Å². The second-order valence-electron chi connectivity index (χ2n) is 7.49. The monoisotopic (exact) mass is 461 g/mol. The first kappa shape index (κ1) is 22.5. The molecule has 0 unspecified atom stereocenters. The molecule has 7 heteroatoms. The summed E-state index contributed by atoms with van der Waals surface area (Å²) in [6.45, 7) is 4.24. The molecule has 0 aliphatic carbocycles. The van der Waals surface area contributed by atoms with Gasteiger partial charge in [-0.15, -0.1) is 0 Å². The zero-order valence-electron chi connectivity index (χ0n) is 18.5. The summed E-state index contributed by atoms with van der Waals surface area (Å²) in [6.07, 6.45) is 1.33. The molecule has 0 aliphatic heterocycles. The SMILES string of the molecule is CCOc1ccc(S(=O)(=O)c2c(C(=O)c3ccc(C)cc3)cnc3ccc(OC)cc23)cc1. The fraction of sp³-hybridized carbons (Fsp3) is 0.154. The molecule has 1 heterocycles. The van der Waals surface area contributed by atoms with Crippen LogP contribution < -0.4 is 9.47 Å². The maximum atomic E-state index is 13.9. The summed E-state index contributed by atoms with van der Waals surface area (Å²) in [6, 6.07) is 18.1. The highest BCUT2D eigenvalue weighted by Gasteiger charge is 2.29. The maximum Gasteiger partial charge on any atom is 0.208 e. The molecule has 1 aromatic heterocycles. The smallest absolute Gasteiger partial charge is 0.208 e. The van der Waals surface area contributed by atoms with Gasteiger partial charge in [-0.05, 0) is 56.3 Å². The van der Waals surface area contributed by atoms with Gasteiger partial charge in [-0.1, -0.05) is 29.8 Å². The number of ether oxygens (including phenoxy) is 2. The van der Waals surface area contributed by atoms with Crippen molar-refractivity contribution in [2.45, 2.75) is 23.6 Å². The van der Waals surface area contributed by atoms with Gasteiger partial charge in [0.15, 0.2) is 5.78 Å². The summed E-state index contributed by atoms with van der Waals surface area (Å²) in [4.78, 5) is 17.8. The highest BCUT2D eigenvalue weighted by molar-refractivity contribution is 7.91. The quantitative estimate of drug-likeness (QED) is 0.360. The lowest BCUT2D eigenvalue weighted by Crippen LogP contribution is -2.13. The van der Waals surface area contributed by atoms with Gasteiger partial charge in [0.2, 0.25) is 9.84 Å². The van der Waals surface area contributed by atoms with Gasteiger partial charge in [-0.25, -0.2) is 8.42 Å². The Bertz CT molecular complexity index is 1430. The number of aryl methyl sites for hydroxylation is 1. The van der Waals surface area contributed by atoms with E-state index in [0.29, 0.717) is 34.6 Å². The van der Waals surface area contributed by atoms with Crippen LogP contribution in [0.15, 0.2) is 82.7 Å². The van der Waals surface area contributed by atoms with E-state index in [4.69, 9.17) is 9.47 Å². The fourth-order valence-corrected chi connectivity index (χ4v) is 5.20. The van der Waals surface area contributed by atoms with Gasteiger partial charge in [0, 0.05) is 17.1 Å². The van der Waals surface area contributed by atoms with E-state index in [9.17, 15) is 13.2 Å². The lowest BCUT2D eigenvalue weighted by molar-refractivity contribution is 0.103. The molecule has 0 atom stereocenters. The summed E-state index contributed by atoms with van der Waals surface area (Å²) < 4.78 is 38.5. The second kappa shape index (κ2) is 9.03. The number of hydrogen-bond donors (Lipinski definition) is 0. The molecular formula is C26H23NO5S. The highest BCUT2D eigenvalue weighted by Crippen LogP contribution is 2.34. The number of benzene rings is 3. The molecule has 0 spiro atoms. The molecule has 6 nitrogen and oxygen atoms in total. The predicted octanol–water partition coefficient (Wildman–Crippen LogP) is 5.01. The first-order chi connectivity index (χ1) is 15.8. The minimum absolute atomic E-state index is 0.00786. The standard InChI is InChI=1S/C26H23NO5S/c1-4-32-19-9-12-21(13-10-19)33(29,30)26-22-15-20(31-3)11-14-24(22)27-16-23(26)25(28)18-7-5-17(2)6-8-18/h5-16H,4H2,1-3H3. The van der Waals surface area contributed by atoms with Crippen LogP contribution in [0.3, 0.4) is 0 Å². The Labute approximate surface area is 192 Å². The number of methoxy groups -OCH3 is 1. The second-order valence-corrected chi connectivity index (χ2v) is 9.37. The normalized spacial score (nSPS) is 11.4. The molecule has 0 aliphatic rings. The van der Waals surface area contributed by atoms with E-state index in [1.54, 1.807) is 42.5 Å². The molecule has 0 saturated carbocycles. The van der Waals surface area contributed by atoms with Crippen molar-refractivity contribution in [3.05, 3.63) is 89.6 Å². The van der Waals surface area contributed by atoms with E-state index in [2.05, 4.69) is 4.98 Å². The van der Waals surface area contributed by atoms with Crippen molar-refractivity contribution in [1.29, 1.82) is 0 Å². The Morgan fingerprint density at radius 1 is 0.939 bits per heavy atom. The summed E-state index contributed by atoms with van der Waals surface area (Å²) in [5.74, 6) is 0.609. The maximum absolute atomic E-state index is 13.9. The van der Waals surface area contributed by atoms with Crippen molar-refractivity contribution in [3.63, 3.8) is 0 Å². The number of carbonyl (C=O) groups is 1. The Hall–Kier alpha value is -3.71. The lowest BCUT2D eigenvalue weighted by atomic mass is 10.0. The van der Waals surface area contributed by atoms with Crippen LogP contribution >= 0.6 is 0 Å².